The highest BCUT2D eigenvalue weighted by molar-refractivity contribution is 5.93. The van der Waals surface area contributed by atoms with Crippen molar-refractivity contribution >= 4 is 17.5 Å². The summed E-state index contributed by atoms with van der Waals surface area (Å²) >= 11 is 0. The lowest BCUT2D eigenvalue weighted by Gasteiger charge is -2.35. The van der Waals surface area contributed by atoms with Crippen molar-refractivity contribution in [2.75, 3.05) is 38.7 Å². The second kappa shape index (κ2) is 9.96. The Labute approximate surface area is 183 Å². The van der Waals surface area contributed by atoms with E-state index in [9.17, 15) is 9.59 Å². The van der Waals surface area contributed by atoms with Crippen LogP contribution in [0.15, 0.2) is 48.5 Å². The molecule has 6 heteroatoms. The molecule has 1 N–H and O–H groups in total. The minimum atomic E-state index is -0.171. The average molecular weight is 423 g/mol. The van der Waals surface area contributed by atoms with Crippen LogP contribution in [0, 0.1) is 11.8 Å². The number of nitrogens with one attached hydrogen (secondary N) is 1. The monoisotopic (exact) mass is 422 g/mol. The number of hydrogen-bond acceptors (Lipinski definition) is 4. The molecule has 1 atom stereocenters. The molecule has 2 amide bonds. The lowest BCUT2D eigenvalue weighted by atomic mass is 9.93. The van der Waals surface area contributed by atoms with Crippen LogP contribution in [0.25, 0.3) is 11.1 Å². The third-order valence-electron chi connectivity index (χ3n) is 6.23. The zero-order valence-corrected chi connectivity index (χ0v) is 18.0. The highest BCUT2D eigenvalue weighted by atomic mass is 16.5. The number of piperidine rings is 1. The minimum Gasteiger partial charge on any atom is -0.497 e. The third-order valence-corrected chi connectivity index (χ3v) is 6.23. The molecule has 0 aromatic heterocycles. The number of benzene rings is 2. The van der Waals surface area contributed by atoms with E-state index in [2.05, 4.69) is 5.32 Å². The summed E-state index contributed by atoms with van der Waals surface area (Å²) in [5.74, 6) is 0.851. The van der Waals surface area contributed by atoms with Crippen molar-refractivity contribution in [3.8, 4) is 16.9 Å². The van der Waals surface area contributed by atoms with Crippen LogP contribution >= 0.6 is 0 Å². The molecule has 2 fully saturated rings. The Morgan fingerprint density at radius 1 is 1.00 bits per heavy atom. The fourth-order valence-electron chi connectivity index (χ4n) is 4.39. The van der Waals surface area contributed by atoms with Crippen LogP contribution in [-0.2, 0) is 14.3 Å². The first-order valence-corrected chi connectivity index (χ1v) is 11.1. The van der Waals surface area contributed by atoms with Crippen LogP contribution in [0.4, 0.5) is 5.69 Å². The molecule has 2 heterocycles. The van der Waals surface area contributed by atoms with E-state index in [1.54, 1.807) is 7.11 Å². The van der Waals surface area contributed by atoms with Crippen LogP contribution in [0.5, 0.6) is 5.75 Å². The van der Waals surface area contributed by atoms with Gasteiger partial charge in [0.05, 0.1) is 13.0 Å². The van der Waals surface area contributed by atoms with Gasteiger partial charge in [-0.15, -0.1) is 0 Å². The van der Waals surface area contributed by atoms with Crippen LogP contribution < -0.4 is 10.1 Å². The van der Waals surface area contributed by atoms with Crippen LogP contribution in [0.1, 0.15) is 25.7 Å². The normalized spacial score (nSPS) is 19.6. The lowest BCUT2D eigenvalue weighted by Crippen LogP contribution is -2.46. The van der Waals surface area contributed by atoms with Gasteiger partial charge in [-0.25, -0.2) is 0 Å². The Bertz CT molecular complexity index is 906. The van der Waals surface area contributed by atoms with E-state index < -0.39 is 0 Å². The van der Waals surface area contributed by atoms with Crippen molar-refractivity contribution in [1.29, 1.82) is 0 Å². The molecule has 0 unspecified atom stereocenters. The number of amides is 2. The number of anilines is 1. The van der Waals surface area contributed by atoms with E-state index >= 15 is 0 Å². The molecule has 2 saturated heterocycles. The number of carbonyl (C=O) groups is 2. The number of nitrogens with zero attached hydrogens (tertiary/aromatic N) is 1. The number of methoxy groups -OCH3 is 1. The molecule has 164 valence electrons. The predicted molar refractivity (Wildman–Crippen MR) is 120 cm³/mol. The zero-order chi connectivity index (χ0) is 21.6. The second-order valence-corrected chi connectivity index (χ2v) is 8.31. The molecule has 0 aliphatic carbocycles. The molecular weight excluding hydrogens is 392 g/mol. The van der Waals surface area contributed by atoms with Gasteiger partial charge in [-0.05, 0) is 61.1 Å². The van der Waals surface area contributed by atoms with E-state index in [0.717, 1.165) is 54.8 Å². The van der Waals surface area contributed by atoms with Crippen LogP contribution in [0.2, 0.25) is 0 Å². The van der Waals surface area contributed by atoms with Crippen molar-refractivity contribution in [3.63, 3.8) is 0 Å². The Morgan fingerprint density at radius 3 is 2.52 bits per heavy atom. The Balaban J connectivity index is 1.35. The molecule has 4 rings (SSSR count). The molecule has 2 aliphatic heterocycles. The van der Waals surface area contributed by atoms with Gasteiger partial charge in [-0.2, -0.15) is 0 Å². The highest BCUT2D eigenvalue weighted by Crippen LogP contribution is 2.27. The quantitative estimate of drug-likeness (QED) is 0.792. The van der Waals surface area contributed by atoms with Gasteiger partial charge < -0.3 is 19.7 Å². The number of likely N-dealkylation sites (tertiary alicyclic amines) is 1. The lowest BCUT2D eigenvalue weighted by molar-refractivity contribution is -0.141. The van der Waals surface area contributed by atoms with Crippen LogP contribution in [0.3, 0.4) is 0 Å². The van der Waals surface area contributed by atoms with E-state index in [1.807, 2.05) is 53.4 Å². The molecule has 6 nitrogen and oxygen atoms in total. The van der Waals surface area contributed by atoms with Gasteiger partial charge in [-0.1, -0.05) is 24.3 Å². The summed E-state index contributed by atoms with van der Waals surface area (Å²) in [6.45, 7) is 2.55. The van der Waals surface area contributed by atoms with Gasteiger partial charge in [0.15, 0.2) is 0 Å². The Morgan fingerprint density at radius 2 is 1.77 bits per heavy atom. The highest BCUT2D eigenvalue weighted by Gasteiger charge is 2.32. The third kappa shape index (κ3) is 5.25. The number of ether oxygens (including phenoxy) is 2. The maximum absolute atomic E-state index is 12.9. The maximum Gasteiger partial charge on any atom is 0.229 e. The van der Waals surface area contributed by atoms with E-state index in [-0.39, 0.29) is 23.7 Å². The molecule has 31 heavy (non-hydrogen) atoms. The van der Waals surface area contributed by atoms with Crippen molar-refractivity contribution in [1.82, 2.24) is 4.90 Å². The molecule has 0 saturated carbocycles. The Hall–Kier alpha value is -2.86. The van der Waals surface area contributed by atoms with E-state index in [1.165, 1.54) is 0 Å². The number of rotatable bonds is 5. The number of carbonyl (C=O) groups excluding carboxylic acids is 2. The largest absolute Gasteiger partial charge is 0.497 e. The summed E-state index contributed by atoms with van der Waals surface area (Å²) in [6.07, 6.45) is 3.24. The maximum atomic E-state index is 12.9. The first-order chi connectivity index (χ1) is 15.1. The predicted octanol–water partition coefficient (Wildman–Crippen LogP) is 3.97. The van der Waals surface area contributed by atoms with Gasteiger partial charge in [0.2, 0.25) is 11.8 Å². The molecule has 0 bridgehead atoms. The molecule has 2 aromatic carbocycles. The van der Waals surface area contributed by atoms with Gasteiger partial charge in [0.25, 0.3) is 0 Å². The first kappa shape index (κ1) is 21.4. The first-order valence-electron chi connectivity index (χ1n) is 11.1. The van der Waals surface area contributed by atoms with Crippen molar-refractivity contribution < 1.29 is 19.1 Å². The smallest absolute Gasteiger partial charge is 0.229 e. The topological polar surface area (TPSA) is 67.9 Å². The van der Waals surface area contributed by atoms with Gasteiger partial charge in [0.1, 0.15) is 5.75 Å². The van der Waals surface area contributed by atoms with Gasteiger partial charge >= 0.3 is 0 Å². The van der Waals surface area contributed by atoms with Gasteiger partial charge in [0, 0.05) is 37.9 Å². The SMILES string of the molecule is COc1cccc(-c2ccc(NC(=O)[C@@H]3CCCN(C(=O)C4CCOCC4)C3)cc2)c1. The number of hydrogen-bond donors (Lipinski definition) is 1. The van der Waals surface area contributed by atoms with Crippen molar-refractivity contribution in [3.05, 3.63) is 48.5 Å². The molecular formula is C25H30N2O4. The van der Waals surface area contributed by atoms with Crippen LogP contribution in [-0.4, -0.2) is 50.1 Å². The summed E-state index contributed by atoms with van der Waals surface area (Å²) in [5, 5.41) is 3.03. The van der Waals surface area contributed by atoms with Crippen molar-refractivity contribution in [2.45, 2.75) is 25.7 Å². The standard InChI is InChI=1S/C25H30N2O4/c1-30-23-6-2-4-20(16-23)18-7-9-22(10-8-18)26-24(28)21-5-3-13-27(17-21)25(29)19-11-14-31-15-12-19/h2,4,6-10,16,19,21H,3,5,11-15,17H2,1H3,(H,26,28)/t21-/m1/s1. The fraction of sp³-hybridized carbons (Fsp3) is 0.440. The molecule has 2 aromatic rings. The summed E-state index contributed by atoms with van der Waals surface area (Å²) in [5.41, 5.74) is 2.89. The average Bonchev–Trinajstić information content (AvgIpc) is 2.84. The summed E-state index contributed by atoms with van der Waals surface area (Å²) in [4.78, 5) is 27.6. The summed E-state index contributed by atoms with van der Waals surface area (Å²) < 4.78 is 10.7. The molecule has 2 aliphatic rings. The summed E-state index contributed by atoms with van der Waals surface area (Å²) in [7, 11) is 1.65. The van der Waals surface area contributed by atoms with E-state index in [4.69, 9.17) is 9.47 Å². The minimum absolute atomic E-state index is 0.0152. The van der Waals surface area contributed by atoms with Gasteiger partial charge in [-0.3, -0.25) is 9.59 Å². The summed E-state index contributed by atoms with van der Waals surface area (Å²) in [6, 6.07) is 15.7. The second-order valence-electron chi connectivity index (χ2n) is 8.31. The van der Waals surface area contributed by atoms with E-state index in [0.29, 0.717) is 19.8 Å². The molecule has 0 radical (unpaired) electrons. The Kier molecular flexibility index (Phi) is 6.87. The fourth-order valence-corrected chi connectivity index (χ4v) is 4.39. The zero-order valence-electron chi connectivity index (χ0n) is 18.0. The van der Waals surface area contributed by atoms with Crippen molar-refractivity contribution in [2.24, 2.45) is 11.8 Å². The molecule has 0 spiro atoms.